The molecule has 1 aliphatic heterocycles. The Morgan fingerprint density at radius 2 is 2.00 bits per heavy atom. The van der Waals surface area contributed by atoms with E-state index in [1.807, 2.05) is 0 Å². The predicted octanol–water partition coefficient (Wildman–Crippen LogP) is 2.73. The van der Waals surface area contributed by atoms with Crippen LogP contribution in [0.5, 0.6) is 0 Å². The lowest BCUT2D eigenvalue weighted by atomic mass is 9.78. The molecule has 0 bridgehead atoms. The Labute approximate surface area is 129 Å². The van der Waals surface area contributed by atoms with Gasteiger partial charge in [-0.25, -0.2) is 0 Å². The Kier molecular flexibility index (Phi) is 5.67. The van der Waals surface area contributed by atoms with Crippen LogP contribution in [0.25, 0.3) is 0 Å². The fraction of sp³-hybridized carbons (Fsp3) is 0.941. The molecule has 0 radical (unpaired) electrons. The number of carboxylic acid groups (broad SMARTS) is 1. The molecule has 0 aromatic carbocycles. The molecular formula is C17H32N2O2. The molecule has 0 aromatic heterocycles. The molecule has 1 aliphatic carbocycles. The maximum atomic E-state index is 11.7. The first kappa shape index (κ1) is 16.8. The van der Waals surface area contributed by atoms with E-state index in [2.05, 4.69) is 24.1 Å². The number of nitrogens with one attached hydrogen (secondary N) is 1. The van der Waals surface area contributed by atoms with Crippen molar-refractivity contribution in [1.29, 1.82) is 0 Å². The molecule has 3 unspecified atom stereocenters. The SMILES string of the molecule is CNC1(C(=O)O)CCCC(N2CCCC(C(C)C)CC2)C1. The van der Waals surface area contributed by atoms with Crippen molar-refractivity contribution in [3.05, 3.63) is 0 Å². The number of aliphatic carboxylic acids is 1. The van der Waals surface area contributed by atoms with Crippen molar-refractivity contribution in [2.24, 2.45) is 11.8 Å². The van der Waals surface area contributed by atoms with Crippen LogP contribution in [0.3, 0.4) is 0 Å². The van der Waals surface area contributed by atoms with Crippen LogP contribution in [0.1, 0.15) is 58.8 Å². The van der Waals surface area contributed by atoms with E-state index in [-0.39, 0.29) is 0 Å². The Balaban J connectivity index is 1.99. The third kappa shape index (κ3) is 3.78. The molecule has 21 heavy (non-hydrogen) atoms. The smallest absolute Gasteiger partial charge is 0.323 e. The van der Waals surface area contributed by atoms with Crippen LogP contribution in [0.4, 0.5) is 0 Å². The van der Waals surface area contributed by atoms with Crippen LogP contribution in [0.15, 0.2) is 0 Å². The van der Waals surface area contributed by atoms with Crippen molar-refractivity contribution < 1.29 is 9.90 Å². The molecule has 2 aliphatic rings. The normalized spacial score (nSPS) is 35.6. The molecule has 1 saturated heterocycles. The number of rotatable bonds is 4. The summed E-state index contributed by atoms with van der Waals surface area (Å²) in [5.74, 6) is 0.934. The van der Waals surface area contributed by atoms with Crippen molar-refractivity contribution in [1.82, 2.24) is 10.2 Å². The van der Waals surface area contributed by atoms with Crippen molar-refractivity contribution in [2.75, 3.05) is 20.1 Å². The lowest BCUT2D eigenvalue weighted by Gasteiger charge is -2.42. The first-order chi connectivity index (χ1) is 9.98. The van der Waals surface area contributed by atoms with Crippen molar-refractivity contribution in [2.45, 2.75) is 70.4 Å². The highest BCUT2D eigenvalue weighted by Gasteiger charge is 2.43. The van der Waals surface area contributed by atoms with Gasteiger partial charge >= 0.3 is 5.97 Å². The molecule has 2 fully saturated rings. The van der Waals surface area contributed by atoms with Gasteiger partial charge in [-0.2, -0.15) is 0 Å². The van der Waals surface area contributed by atoms with Gasteiger partial charge in [-0.3, -0.25) is 4.79 Å². The van der Waals surface area contributed by atoms with Gasteiger partial charge in [0, 0.05) is 6.04 Å². The lowest BCUT2D eigenvalue weighted by Crippen LogP contribution is -2.57. The average Bonchev–Trinajstić information content (AvgIpc) is 2.73. The van der Waals surface area contributed by atoms with Gasteiger partial charge in [-0.05, 0) is 76.9 Å². The molecule has 2 rings (SSSR count). The summed E-state index contributed by atoms with van der Waals surface area (Å²) in [4.78, 5) is 14.2. The quantitative estimate of drug-likeness (QED) is 0.837. The number of likely N-dealkylation sites (tertiary alicyclic amines) is 1. The maximum absolute atomic E-state index is 11.7. The Morgan fingerprint density at radius 3 is 2.62 bits per heavy atom. The Bertz CT molecular complexity index is 359. The predicted molar refractivity (Wildman–Crippen MR) is 85.4 cm³/mol. The number of carbonyl (C=O) groups is 1. The molecule has 0 spiro atoms. The van der Waals surface area contributed by atoms with Crippen LogP contribution in [0.2, 0.25) is 0 Å². The fourth-order valence-corrected chi connectivity index (χ4v) is 4.26. The number of hydrogen-bond donors (Lipinski definition) is 2. The van der Waals surface area contributed by atoms with Gasteiger partial charge in [-0.15, -0.1) is 0 Å². The van der Waals surface area contributed by atoms with Crippen LogP contribution in [-0.4, -0.2) is 47.7 Å². The van der Waals surface area contributed by atoms with Crippen LogP contribution >= 0.6 is 0 Å². The van der Waals surface area contributed by atoms with E-state index in [0.29, 0.717) is 6.04 Å². The standard InChI is InChI=1S/C17H32N2O2/c1-13(2)14-6-5-10-19(11-8-14)15-7-4-9-17(12-15,18-3)16(20)21/h13-15,18H,4-12H2,1-3H3,(H,20,21). The summed E-state index contributed by atoms with van der Waals surface area (Å²) in [6.07, 6.45) is 7.55. The highest BCUT2D eigenvalue weighted by Crippen LogP contribution is 2.34. The third-order valence-corrected chi connectivity index (χ3v) is 5.88. The van der Waals surface area contributed by atoms with Crippen molar-refractivity contribution >= 4 is 5.97 Å². The van der Waals surface area contributed by atoms with E-state index in [4.69, 9.17) is 0 Å². The summed E-state index contributed by atoms with van der Waals surface area (Å²) >= 11 is 0. The molecule has 2 N–H and O–H groups in total. The minimum Gasteiger partial charge on any atom is -0.480 e. The average molecular weight is 296 g/mol. The molecule has 122 valence electrons. The summed E-state index contributed by atoms with van der Waals surface area (Å²) in [5, 5.41) is 12.7. The monoisotopic (exact) mass is 296 g/mol. The molecule has 4 heteroatoms. The van der Waals surface area contributed by atoms with Crippen molar-refractivity contribution in [3.8, 4) is 0 Å². The van der Waals surface area contributed by atoms with Gasteiger partial charge in [0.25, 0.3) is 0 Å². The number of likely N-dealkylation sites (N-methyl/N-ethyl adjacent to an activating group) is 1. The molecular weight excluding hydrogens is 264 g/mol. The summed E-state index contributed by atoms with van der Waals surface area (Å²) in [5.41, 5.74) is -0.702. The van der Waals surface area contributed by atoms with Gasteiger partial charge in [0.1, 0.15) is 5.54 Å². The highest BCUT2D eigenvalue weighted by atomic mass is 16.4. The van der Waals surface area contributed by atoms with E-state index < -0.39 is 11.5 Å². The molecule has 1 saturated carbocycles. The highest BCUT2D eigenvalue weighted by molar-refractivity contribution is 5.79. The zero-order chi connectivity index (χ0) is 15.5. The first-order valence-electron chi connectivity index (χ1n) is 8.65. The second-order valence-electron chi connectivity index (χ2n) is 7.36. The summed E-state index contributed by atoms with van der Waals surface area (Å²) in [7, 11) is 1.80. The number of carboxylic acids is 1. The third-order valence-electron chi connectivity index (χ3n) is 5.88. The minimum absolute atomic E-state index is 0.438. The minimum atomic E-state index is -0.702. The van der Waals surface area contributed by atoms with E-state index in [9.17, 15) is 9.90 Å². The number of hydrogen-bond acceptors (Lipinski definition) is 3. The fourth-order valence-electron chi connectivity index (χ4n) is 4.26. The van der Waals surface area contributed by atoms with E-state index >= 15 is 0 Å². The second kappa shape index (κ2) is 7.10. The molecule has 3 atom stereocenters. The molecule has 1 heterocycles. The molecule has 0 aromatic rings. The largest absolute Gasteiger partial charge is 0.480 e. The number of nitrogens with zero attached hydrogens (tertiary/aromatic N) is 1. The maximum Gasteiger partial charge on any atom is 0.323 e. The van der Waals surface area contributed by atoms with Crippen molar-refractivity contribution in [3.63, 3.8) is 0 Å². The van der Waals surface area contributed by atoms with E-state index in [1.54, 1.807) is 7.05 Å². The zero-order valence-corrected chi connectivity index (χ0v) is 13.9. The summed E-state index contributed by atoms with van der Waals surface area (Å²) < 4.78 is 0. The molecule has 0 amide bonds. The Morgan fingerprint density at radius 1 is 1.24 bits per heavy atom. The van der Waals surface area contributed by atoms with Gasteiger partial charge in [-0.1, -0.05) is 13.8 Å². The first-order valence-corrected chi connectivity index (χ1v) is 8.65. The van der Waals surface area contributed by atoms with E-state index in [1.165, 1.54) is 19.3 Å². The Hall–Kier alpha value is -0.610. The van der Waals surface area contributed by atoms with Crippen LogP contribution in [-0.2, 0) is 4.79 Å². The second-order valence-corrected chi connectivity index (χ2v) is 7.36. The summed E-state index contributed by atoms with van der Waals surface area (Å²) in [6.45, 7) is 6.95. The van der Waals surface area contributed by atoms with Gasteiger partial charge < -0.3 is 15.3 Å². The van der Waals surface area contributed by atoms with Gasteiger partial charge in [0.15, 0.2) is 0 Å². The van der Waals surface area contributed by atoms with Crippen LogP contribution in [0, 0.1) is 11.8 Å². The zero-order valence-electron chi connectivity index (χ0n) is 13.9. The van der Waals surface area contributed by atoms with E-state index in [0.717, 1.165) is 50.6 Å². The molecule has 4 nitrogen and oxygen atoms in total. The topological polar surface area (TPSA) is 52.6 Å². The van der Waals surface area contributed by atoms with Crippen LogP contribution < -0.4 is 5.32 Å². The van der Waals surface area contributed by atoms with Gasteiger partial charge in [0.05, 0.1) is 0 Å². The summed E-state index contributed by atoms with van der Waals surface area (Å²) in [6, 6.07) is 0.438. The lowest BCUT2D eigenvalue weighted by molar-refractivity contribution is -0.147. The van der Waals surface area contributed by atoms with Gasteiger partial charge in [0.2, 0.25) is 0 Å².